The number of amides is 7. The second kappa shape index (κ2) is 28.3. The van der Waals surface area contributed by atoms with E-state index in [0.717, 1.165) is 16.7 Å². The molecule has 80 heavy (non-hydrogen) atoms. The number of nitrogens with two attached hydrogens (primary N) is 1. The maximum absolute atomic E-state index is 13.8. The molecule has 2 atom stereocenters. The maximum atomic E-state index is 13.8. The van der Waals surface area contributed by atoms with Crippen LogP contribution in [-0.4, -0.2) is 118 Å². The lowest BCUT2D eigenvalue weighted by Gasteiger charge is -2.24. The van der Waals surface area contributed by atoms with E-state index in [-0.39, 0.29) is 130 Å². The van der Waals surface area contributed by atoms with E-state index in [9.17, 15) is 42.0 Å². The van der Waals surface area contributed by atoms with Crippen LogP contribution in [-0.2, 0) is 66.9 Å². The number of Topliss-reactive ketones (excluding diaryl/α,β-unsaturated/α-hetero) is 1. The summed E-state index contributed by atoms with van der Waals surface area (Å²) in [6.07, 6.45) is 4.78. The van der Waals surface area contributed by atoms with Crippen molar-refractivity contribution >= 4 is 56.9 Å². The number of aryl methyl sites for hydroxylation is 2. The Bertz CT molecular complexity index is 3150. The summed E-state index contributed by atoms with van der Waals surface area (Å²) in [5.41, 5.74) is 11.0. The number of carbonyl (C=O) groups excluding carboxylic acids is 7. The fourth-order valence-electron chi connectivity index (χ4n) is 8.82. The number of nitrogens with zero attached hydrogens (tertiary/aromatic N) is 3. The number of sulfone groups is 1. The SMILES string of the molecule is Cc1ccc(S(=O)(=O)Cc2nc(-c3ccc(C(=O)NCc4ccc[n+](Cc5ccc(NC(=O)[C@H](CCCNC(N)=O)CC(=O)[C@@H](NC(=O)CCOCCOCCOCCN6C(=O)C7=C(C7)C6=O)C(C)C)cc5)c4)cc3)oc2C)cc1. The predicted octanol–water partition coefficient (Wildman–Crippen LogP) is 4.81. The van der Waals surface area contributed by atoms with E-state index in [1.165, 1.54) is 4.90 Å². The van der Waals surface area contributed by atoms with E-state index in [2.05, 4.69) is 26.3 Å². The Morgan fingerprint density at radius 2 is 1.48 bits per heavy atom. The minimum absolute atomic E-state index is 0.00495. The molecule has 0 unspecified atom stereocenters. The zero-order chi connectivity index (χ0) is 57.3. The van der Waals surface area contributed by atoms with Gasteiger partial charge in [0.05, 0.1) is 62.8 Å². The molecule has 3 heterocycles. The van der Waals surface area contributed by atoms with Crippen LogP contribution in [0, 0.1) is 25.7 Å². The lowest BCUT2D eigenvalue weighted by Crippen LogP contribution is -2.45. The van der Waals surface area contributed by atoms with E-state index in [0.29, 0.717) is 58.8 Å². The summed E-state index contributed by atoms with van der Waals surface area (Å²) in [6.45, 7) is 9.63. The van der Waals surface area contributed by atoms with Crippen LogP contribution in [0.25, 0.3) is 11.5 Å². The van der Waals surface area contributed by atoms with Gasteiger partial charge in [-0.2, -0.15) is 0 Å². The van der Waals surface area contributed by atoms with Gasteiger partial charge in [-0.15, -0.1) is 0 Å². The van der Waals surface area contributed by atoms with Crippen molar-refractivity contribution in [1.82, 2.24) is 25.8 Å². The highest BCUT2D eigenvalue weighted by Gasteiger charge is 2.46. The number of carbonyl (C=O) groups is 7. The first kappa shape index (κ1) is 59.7. The monoisotopic (exact) mass is 1120 g/mol. The number of rotatable bonds is 32. The van der Waals surface area contributed by atoms with Crippen LogP contribution in [0.5, 0.6) is 0 Å². The molecule has 7 amide bonds. The number of likely N-dealkylation sites (tertiary alicyclic amines) is 1. The predicted molar refractivity (Wildman–Crippen MR) is 293 cm³/mol. The molecule has 0 saturated heterocycles. The summed E-state index contributed by atoms with van der Waals surface area (Å²) in [4.78, 5) is 94.9. The first-order valence-electron chi connectivity index (χ1n) is 26.5. The number of pyridine rings is 1. The highest BCUT2D eigenvalue weighted by atomic mass is 32.2. The molecule has 1 aliphatic carbocycles. The average molecular weight is 1120 g/mol. The van der Waals surface area contributed by atoms with E-state index in [4.69, 9.17) is 24.4 Å². The number of oxazole rings is 1. The Balaban J connectivity index is 0.827. The number of nitrogens with one attached hydrogen (secondary N) is 4. The molecule has 6 N–H and O–H groups in total. The minimum atomic E-state index is -3.64. The molecule has 2 aromatic heterocycles. The molecule has 22 heteroatoms. The summed E-state index contributed by atoms with van der Waals surface area (Å²) in [5, 5.41) is 11.2. The van der Waals surface area contributed by atoms with E-state index in [1.807, 2.05) is 48.1 Å². The average Bonchev–Trinajstić information content (AvgIpc) is 4.23. The van der Waals surface area contributed by atoms with Crippen LogP contribution < -0.4 is 31.6 Å². The summed E-state index contributed by atoms with van der Waals surface area (Å²) in [6, 6.07) is 22.8. The summed E-state index contributed by atoms with van der Waals surface area (Å²) in [5.74, 6) is -2.58. The number of imide groups is 1. The Hall–Kier alpha value is -7.92. The van der Waals surface area contributed by atoms with E-state index >= 15 is 0 Å². The van der Waals surface area contributed by atoms with Crippen molar-refractivity contribution in [2.45, 2.75) is 89.6 Å². The number of anilines is 1. The van der Waals surface area contributed by atoms with Gasteiger partial charge >= 0.3 is 6.03 Å². The van der Waals surface area contributed by atoms with Crippen molar-refractivity contribution in [3.05, 3.63) is 142 Å². The van der Waals surface area contributed by atoms with Crippen LogP contribution in [0.4, 0.5) is 10.5 Å². The van der Waals surface area contributed by atoms with Gasteiger partial charge in [0.1, 0.15) is 11.5 Å². The van der Waals surface area contributed by atoms with Gasteiger partial charge in [-0.3, -0.25) is 33.7 Å². The van der Waals surface area contributed by atoms with Crippen LogP contribution in [0.2, 0.25) is 0 Å². The number of benzene rings is 3. The first-order valence-corrected chi connectivity index (χ1v) is 28.2. The molecular formula is C58H69N8O13S+. The van der Waals surface area contributed by atoms with Crippen molar-refractivity contribution in [3.8, 4) is 11.5 Å². The number of piperidine rings is 1. The zero-order valence-corrected chi connectivity index (χ0v) is 46.2. The Morgan fingerprint density at radius 1 is 0.812 bits per heavy atom. The smallest absolute Gasteiger partial charge is 0.312 e. The van der Waals surface area contributed by atoms with Gasteiger partial charge in [0, 0.05) is 83.4 Å². The van der Waals surface area contributed by atoms with Gasteiger partial charge < -0.3 is 45.6 Å². The topological polar surface area (TPSA) is 289 Å². The van der Waals surface area contributed by atoms with Gasteiger partial charge in [-0.1, -0.05) is 43.7 Å². The number of hydrogen-bond donors (Lipinski definition) is 5. The molecule has 0 radical (unpaired) electrons. The van der Waals surface area contributed by atoms with Crippen LogP contribution in [0.1, 0.15) is 84.5 Å². The second-order valence-electron chi connectivity index (χ2n) is 20.0. The summed E-state index contributed by atoms with van der Waals surface area (Å²) in [7, 11) is -3.64. The standard InChI is InChI=1S/C58H68N8O13S/c1-37(2)52(64-51(68)21-25-76-27-29-78-30-28-77-26-24-66-56(71)47-32-48(47)57(66)72)50(67)31-44(8-5-22-60-58(59)73)54(70)62-45-17-11-40(12-18-45)34-65-23-6-7-41(35-65)33-61-53(69)42-13-15-43(16-14-42)55-63-49(39(4)79-55)36-80(74,75)46-19-9-38(3)10-20-46/h6-7,9-20,23,35,37,44,52H,5,8,21-22,24-34,36H2,1-4H3,(H5-,59,60,61,62,64,68,69,70,73)/p+1/t44-,52+/m1/s1. The molecule has 2 aliphatic rings. The van der Waals surface area contributed by atoms with Crippen molar-refractivity contribution in [2.75, 3.05) is 58.0 Å². The molecule has 0 spiro atoms. The van der Waals surface area contributed by atoms with Crippen LogP contribution in [0.15, 0.2) is 118 Å². The van der Waals surface area contributed by atoms with Crippen LogP contribution >= 0.6 is 0 Å². The lowest BCUT2D eigenvalue weighted by molar-refractivity contribution is -0.688. The van der Waals surface area contributed by atoms with Crippen molar-refractivity contribution in [2.24, 2.45) is 17.6 Å². The molecule has 0 saturated carbocycles. The van der Waals surface area contributed by atoms with Gasteiger partial charge in [-0.05, 0) is 87.2 Å². The molecule has 0 bridgehead atoms. The quantitative estimate of drug-likeness (QED) is 0.0220. The minimum Gasteiger partial charge on any atom is -0.441 e. The van der Waals surface area contributed by atoms with Crippen LogP contribution in [0.3, 0.4) is 0 Å². The fourth-order valence-corrected chi connectivity index (χ4v) is 10.2. The van der Waals surface area contributed by atoms with E-state index in [1.54, 1.807) is 81.4 Å². The molecule has 0 fully saturated rings. The highest BCUT2D eigenvalue weighted by Crippen LogP contribution is 2.40. The van der Waals surface area contributed by atoms with Crippen molar-refractivity contribution < 1.29 is 65.2 Å². The largest absolute Gasteiger partial charge is 0.441 e. The molecule has 5 aromatic rings. The Morgan fingerprint density at radius 3 is 2.14 bits per heavy atom. The molecule has 1 aliphatic heterocycles. The number of ketones is 1. The molecule has 424 valence electrons. The molecule has 3 aromatic carbocycles. The van der Waals surface area contributed by atoms with Gasteiger partial charge in [0.2, 0.25) is 17.7 Å². The van der Waals surface area contributed by atoms with Gasteiger partial charge in [-0.25, -0.2) is 22.8 Å². The number of ether oxygens (including phenoxy) is 3. The third-order valence-electron chi connectivity index (χ3n) is 13.4. The number of hydrogen-bond acceptors (Lipinski definition) is 14. The van der Waals surface area contributed by atoms with Crippen molar-refractivity contribution in [3.63, 3.8) is 0 Å². The van der Waals surface area contributed by atoms with Gasteiger partial charge in [0.25, 0.3) is 17.7 Å². The third kappa shape index (κ3) is 17.3. The number of primary amides is 1. The first-order chi connectivity index (χ1) is 38.3. The second-order valence-corrected chi connectivity index (χ2v) is 22.0. The maximum Gasteiger partial charge on any atom is 0.312 e. The number of urea groups is 1. The molecular weight excluding hydrogens is 1050 g/mol. The normalized spacial score (nSPS) is 13.7. The Labute approximate surface area is 464 Å². The summed E-state index contributed by atoms with van der Waals surface area (Å²) >= 11 is 0. The lowest BCUT2D eigenvalue weighted by atomic mass is 9.89. The van der Waals surface area contributed by atoms with E-state index < -0.39 is 33.7 Å². The fraction of sp³-hybridized carbons (Fsp3) is 0.397. The van der Waals surface area contributed by atoms with Gasteiger partial charge in [0.15, 0.2) is 34.6 Å². The Kier molecular flexibility index (Phi) is 21.1. The van der Waals surface area contributed by atoms with Crippen molar-refractivity contribution in [1.29, 1.82) is 0 Å². The molecule has 7 rings (SSSR count). The third-order valence-corrected chi connectivity index (χ3v) is 15.0. The number of aromatic nitrogens is 2. The molecule has 21 nitrogen and oxygen atoms in total. The zero-order valence-electron chi connectivity index (χ0n) is 45.4. The summed E-state index contributed by atoms with van der Waals surface area (Å²) < 4.78 is 50.4. The highest BCUT2D eigenvalue weighted by molar-refractivity contribution is 7.90.